The van der Waals surface area contributed by atoms with E-state index in [0.29, 0.717) is 17.1 Å². The molecule has 0 spiro atoms. The number of aliphatic carboxylic acids is 1. The number of rotatable bonds is 5. The summed E-state index contributed by atoms with van der Waals surface area (Å²) in [6.45, 7) is 2.18. The molecule has 1 unspecified atom stereocenters. The maximum Gasteiger partial charge on any atom is 0.328 e. The van der Waals surface area contributed by atoms with E-state index < -0.39 is 11.5 Å². The Labute approximate surface area is 120 Å². The smallest absolute Gasteiger partial charge is 0.328 e. The van der Waals surface area contributed by atoms with Gasteiger partial charge in [0, 0.05) is 16.4 Å². The van der Waals surface area contributed by atoms with E-state index in [1.807, 2.05) is 17.5 Å². The molecule has 2 aromatic rings. The molecule has 0 saturated carbocycles. The first kappa shape index (κ1) is 14.1. The molecule has 19 heavy (non-hydrogen) atoms. The van der Waals surface area contributed by atoms with Crippen molar-refractivity contribution in [2.45, 2.75) is 19.0 Å². The Morgan fingerprint density at radius 3 is 2.58 bits per heavy atom. The second-order valence-corrected chi connectivity index (χ2v) is 5.84. The van der Waals surface area contributed by atoms with E-state index in [2.05, 4.69) is 5.32 Å². The molecule has 0 fully saturated rings. The third kappa shape index (κ3) is 3.15. The second kappa shape index (κ2) is 5.74. The van der Waals surface area contributed by atoms with Crippen molar-refractivity contribution in [1.29, 1.82) is 0 Å². The number of nitrogens with one attached hydrogen (secondary N) is 1. The molecule has 0 saturated heterocycles. The van der Waals surface area contributed by atoms with Crippen molar-refractivity contribution in [3.8, 4) is 0 Å². The first-order valence-electron chi connectivity index (χ1n) is 5.79. The summed E-state index contributed by atoms with van der Waals surface area (Å²) in [5.41, 5.74) is -0.449. The monoisotopic (exact) mass is 295 g/mol. The summed E-state index contributed by atoms with van der Waals surface area (Å²) in [6, 6.07) is 10.8. The number of carboxylic acid groups (broad SMARTS) is 1. The van der Waals surface area contributed by atoms with Crippen molar-refractivity contribution in [1.82, 2.24) is 5.32 Å². The van der Waals surface area contributed by atoms with Gasteiger partial charge in [0.2, 0.25) is 0 Å². The minimum absolute atomic E-state index is 0.517. The van der Waals surface area contributed by atoms with Gasteiger partial charge in [0.25, 0.3) is 0 Å². The van der Waals surface area contributed by atoms with Crippen LogP contribution < -0.4 is 5.32 Å². The SMILES string of the molecule is CC(NCc1cccs1)(C(=O)O)c1ccc(Cl)cc1. The predicted molar refractivity (Wildman–Crippen MR) is 77.6 cm³/mol. The molecule has 2 rings (SSSR count). The van der Waals surface area contributed by atoms with Crippen LogP contribution in [0.2, 0.25) is 5.02 Å². The highest BCUT2D eigenvalue weighted by Gasteiger charge is 2.34. The highest BCUT2D eigenvalue weighted by atomic mass is 35.5. The first-order chi connectivity index (χ1) is 9.02. The van der Waals surface area contributed by atoms with E-state index in [4.69, 9.17) is 11.6 Å². The molecule has 100 valence electrons. The van der Waals surface area contributed by atoms with Gasteiger partial charge in [0.15, 0.2) is 0 Å². The normalized spacial score (nSPS) is 14.0. The summed E-state index contributed by atoms with van der Waals surface area (Å²) in [4.78, 5) is 12.7. The molecule has 0 aliphatic rings. The minimum atomic E-state index is -1.13. The molecular formula is C14H14ClNO2S. The minimum Gasteiger partial charge on any atom is -0.480 e. The second-order valence-electron chi connectivity index (χ2n) is 4.37. The Kier molecular flexibility index (Phi) is 4.24. The lowest BCUT2D eigenvalue weighted by atomic mass is 9.92. The maximum atomic E-state index is 11.6. The lowest BCUT2D eigenvalue weighted by Crippen LogP contribution is -2.46. The summed E-state index contributed by atoms with van der Waals surface area (Å²) in [5.74, 6) is -0.911. The van der Waals surface area contributed by atoms with Gasteiger partial charge < -0.3 is 5.11 Å². The number of hydrogen-bond donors (Lipinski definition) is 2. The summed E-state index contributed by atoms with van der Waals surface area (Å²) >= 11 is 7.43. The quantitative estimate of drug-likeness (QED) is 0.888. The Morgan fingerprint density at radius 1 is 1.37 bits per heavy atom. The third-order valence-electron chi connectivity index (χ3n) is 3.05. The molecular weight excluding hydrogens is 282 g/mol. The molecule has 1 aromatic carbocycles. The topological polar surface area (TPSA) is 49.3 Å². The number of benzene rings is 1. The average molecular weight is 296 g/mol. The van der Waals surface area contributed by atoms with Gasteiger partial charge in [-0.25, -0.2) is 4.79 Å². The van der Waals surface area contributed by atoms with Crippen LogP contribution in [0.15, 0.2) is 41.8 Å². The molecule has 5 heteroatoms. The molecule has 0 aliphatic heterocycles. The number of carbonyl (C=O) groups is 1. The molecule has 0 aliphatic carbocycles. The largest absolute Gasteiger partial charge is 0.480 e. The highest BCUT2D eigenvalue weighted by molar-refractivity contribution is 7.09. The van der Waals surface area contributed by atoms with Gasteiger partial charge in [0.1, 0.15) is 5.54 Å². The van der Waals surface area contributed by atoms with Crippen molar-refractivity contribution in [3.05, 3.63) is 57.2 Å². The zero-order valence-electron chi connectivity index (χ0n) is 10.4. The van der Waals surface area contributed by atoms with Crippen molar-refractivity contribution < 1.29 is 9.90 Å². The Bertz CT molecular complexity index is 553. The van der Waals surface area contributed by atoms with E-state index >= 15 is 0 Å². The van der Waals surface area contributed by atoms with Crippen LogP contribution in [0.3, 0.4) is 0 Å². The van der Waals surface area contributed by atoms with Gasteiger partial charge >= 0.3 is 5.97 Å². The summed E-state index contributed by atoms with van der Waals surface area (Å²) in [7, 11) is 0. The zero-order chi connectivity index (χ0) is 13.9. The van der Waals surface area contributed by atoms with Crippen LogP contribution in [-0.2, 0) is 16.9 Å². The Morgan fingerprint density at radius 2 is 2.05 bits per heavy atom. The molecule has 2 N–H and O–H groups in total. The van der Waals surface area contributed by atoms with Gasteiger partial charge in [-0.1, -0.05) is 29.8 Å². The van der Waals surface area contributed by atoms with E-state index in [1.54, 1.807) is 42.5 Å². The van der Waals surface area contributed by atoms with Crippen LogP contribution in [0.25, 0.3) is 0 Å². The molecule has 3 nitrogen and oxygen atoms in total. The molecule has 0 bridgehead atoms. The molecule has 1 atom stereocenters. The van der Waals surface area contributed by atoms with Crippen LogP contribution >= 0.6 is 22.9 Å². The van der Waals surface area contributed by atoms with Crippen LogP contribution in [0.1, 0.15) is 17.4 Å². The van der Waals surface area contributed by atoms with Crippen LogP contribution in [0.4, 0.5) is 0 Å². The van der Waals surface area contributed by atoms with Crippen LogP contribution in [0.5, 0.6) is 0 Å². The number of carboxylic acids is 1. The Hall–Kier alpha value is -1.36. The van der Waals surface area contributed by atoms with E-state index in [9.17, 15) is 9.90 Å². The van der Waals surface area contributed by atoms with Crippen LogP contribution in [-0.4, -0.2) is 11.1 Å². The van der Waals surface area contributed by atoms with Crippen molar-refractivity contribution in [2.75, 3.05) is 0 Å². The van der Waals surface area contributed by atoms with Gasteiger partial charge in [-0.2, -0.15) is 0 Å². The number of halogens is 1. The average Bonchev–Trinajstić information content (AvgIpc) is 2.89. The maximum absolute atomic E-state index is 11.6. The van der Waals surface area contributed by atoms with E-state index in [1.165, 1.54) is 0 Å². The fourth-order valence-electron chi connectivity index (χ4n) is 1.76. The molecule has 0 radical (unpaired) electrons. The van der Waals surface area contributed by atoms with Crippen LogP contribution in [0, 0.1) is 0 Å². The highest BCUT2D eigenvalue weighted by Crippen LogP contribution is 2.24. The van der Waals surface area contributed by atoms with Crippen molar-refractivity contribution in [3.63, 3.8) is 0 Å². The summed E-state index contributed by atoms with van der Waals surface area (Å²) in [6.07, 6.45) is 0. The molecule has 1 heterocycles. The first-order valence-corrected chi connectivity index (χ1v) is 7.05. The standard InChI is InChI=1S/C14H14ClNO2S/c1-14(13(17)18,10-4-6-11(15)7-5-10)16-9-12-3-2-8-19-12/h2-8,16H,9H2,1H3,(H,17,18). The fraction of sp³-hybridized carbons (Fsp3) is 0.214. The van der Waals surface area contributed by atoms with E-state index in [0.717, 1.165) is 4.88 Å². The third-order valence-corrected chi connectivity index (χ3v) is 4.17. The van der Waals surface area contributed by atoms with E-state index in [-0.39, 0.29) is 0 Å². The van der Waals surface area contributed by atoms with Gasteiger partial charge in [0.05, 0.1) is 0 Å². The predicted octanol–water partition coefficient (Wildman–Crippen LogP) is 3.49. The Balaban J connectivity index is 2.22. The number of thiophene rings is 1. The van der Waals surface area contributed by atoms with Gasteiger partial charge in [-0.05, 0) is 36.1 Å². The van der Waals surface area contributed by atoms with Gasteiger partial charge in [-0.15, -0.1) is 11.3 Å². The zero-order valence-corrected chi connectivity index (χ0v) is 12.0. The fourth-order valence-corrected chi connectivity index (χ4v) is 2.53. The summed E-state index contributed by atoms with van der Waals surface area (Å²) in [5, 5.41) is 15.2. The molecule has 1 aromatic heterocycles. The molecule has 0 amide bonds. The lowest BCUT2D eigenvalue weighted by Gasteiger charge is -2.26. The number of hydrogen-bond acceptors (Lipinski definition) is 3. The summed E-state index contributed by atoms with van der Waals surface area (Å²) < 4.78 is 0. The van der Waals surface area contributed by atoms with Crippen molar-refractivity contribution >= 4 is 28.9 Å². The lowest BCUT2D eigenvalue weighted by molar-refractivity contribution is -0.144. The van der Waals surface area contributed by atoms with Gasteiger partial charge in [-0.3, -0.25) is 5.32 Å². The van der Waals surface area contributed by atoms with Crippen molar-refractivity contribution in [2.24, 2.45) is 0 Å².